The van der Waals surface area contributed by atoms with Crippen LogP contribution in [0.15, 0.2) is 9.59 Å². The van der Waals surface area contributed by atoms with Crippen molar-refractivity contribution in [3.63, 3.8) is 0 Å². The Kier molecular flexibility index (Phi) is 3.99. The van der Waals surface area contributed by atoms with Crippen LogP contribution < -0.4 is 21.9 Å². The molecule has 7 heteroatoms. The van der Waals surface area contributed by atoms with Crippen LogP contribution in [0, 0.1) is 5.41 Å². The quantitative estimate of drug-likeness (QED) is 0.793. The van der Waals surface area contributed by atoms with E-state index >= 15 is 0 Å². The van der Waals surface area contributed by atoms with E-state index in [0.717, 1.165) is 17.5 Å². The molecule has 7 nitrogen and oxygen atoms in total. The van der Waals surface area contributed by atoms with Crippen molar-refractivity contribution in [1.82, 2.24) is 19.7 Å². The molecule has 2 N–H and O–H groups in total. The van der Waals surface area contributed by atoms with Gasteiger partial charge < -0.3 is 10.6 Å². The molecule has 1 aromatic heterocycles. The average molecular weight is 281 g/mol. The van der Waals surface area contributed by atoms with E-state index < -0.39 is 5.69 Å². The Labute approximate surface area is 118 Å². The van der Waals surface area contributed by atoms with Crippen LogP contribution >= 0.6 is 0 Å². The molecule has 2 heterocycles. The summed E-state index contributed by atoms with van der Waals surface area (Å²) in [4.78, 5) is 23.6. The molecule has 0 spiro atoms. The Morgan fingerprint density at radius 1 is 1.40 bits per heavy atom. The van der Waals surface area contributed by atoms with E-state index in [1.54, 1.807) is 0 Å². The Morgan fingerprint density at radius 3 is 2.75 bits per heavy atom. The van der Waals surface area contributed by atoms with Crippen LogP contribution in [0.2, 0.25) is 0 Å². The lowest BCUT2D eigenvalue weighted by Gasteiger charge is -2.39. The van der Waals surface area contributed by atoms with Gasteiger partial charge in [-0.2, -0.15) is 0 Å². The molecule has 0 bridgehead atoms. The van der Waals surface area contributed by atoms with Gasteiger partial charge in [-0.15, -0.1) is 5.10 Å². The van der Waals surface area contributed by atoms with Crippen LogP contribution in [-0.4, -0.2) is 33.5 Å². The fourth-order valence-electron chi connectivity index (χ4n) is 2.63. The second-order valence-electron chi connectivity index (χ2n) is 6.10. The zero-order valence-electron chi connectivity index (χ0n) is 12.6. The minimum Gasteiger partial charge on any atom is -0.362 e. The minimum atomic E-state index is -0.420. The molecule has 0 aliphatic carbocycles. The highest BCUT2D eigenvalue weighted by Crippen LogP contribution is 2.29. The molecule has 2 rings (SSSR count). The second kappa shape index (κ2) is 5.40. The normalized spacial score (nSPS) is 21.7. The van der Waals surface area contributed by atoms with Crippen molar-refractivity contribution in [2.75, 3.05) is 18.4 Å². The van der Waals surface area contributed by atoms with Crippen LogP contribution in [0.1, 0.15) is 26.7 Å². The van der Waals surface area contributed by atoms with Crippen molar-refractivity contribution in [1.29, 1.82) is 0 Å². The SMILES string of the molecule is Cn1nc(NCC2NCCCC2(C)C)c(=O)n(C)c1=O. The first-order chi connectivity index (χ1) is 9.33. The van der Waals surface area contributed by atoms with Gasteiger partial charge in [0.05, 0.1) is 0 Å². The summed E-state index contributed by atoms with van der Waals surface area (Å²) in [6.45, 7) is 6.05. The van der Waals surface area contributed by atoms with Gasteiger partial charge in [0.1, 0.15) is 0 Å². The van der Waals surface area contributed by atoms with Crippen molar-refractivity contribution in [3.05, 3.63) is 20.8 Å². The molecule has 20 heavy (non-hydrogen) atoms. The topological polar surface area (TPSA) is 81.0 Å². The van der Waals surface area contributed by atoms with Crippen molar-refractivity contribution in [2.45, 2.75) is 32.7 Å². The standard InChI is InChI=1S/C13H23N5O2/c1-13(2)6-5-7-14-9(13)8-15-10-11(19)17(3)12(20)18(4)16-10/h9,14H,5-8H2,1-4H3,(H,15,16). The van der Waals surface area contributed by atoms with Gasteiger partial charge in [0.15, 0.2) is 0 Å². The average Bonchev–Trinajstić information content (AvgIpc) is 2.40. The molecular weight excluding hydrogens is 258 g/mol. The Balaban J connectivity index is 2.16. The summed E-state index contributed by atoms with van der Waals surface area (Å²) in [6.07, 6.45) is 2.33. The molecular formula is C13H23N5O2. The Bertz CT molecular complexity index is 602. The van der Waals surface area contributed by atoms with Gasteiger partial charge in [-0.05, 0) is 24.8 Å². The summed E-state index contributed by atoms with van der Waals surface area (Å²) in [5.74, 6) is 0.220. The van der Waals surface area contributed by atoms with Gasteiger partial charge in [0.25, 0.3) is 5.56 Å². The number of anilines is 1. The van der Waals surface area contributed by atoms with E-state index in [4.69, 9.17) is 0 Å². The van der Waals surface area contributed by atoms with Gasteiger partial charge in [-0.1, -0.05) is 13.8 Å². The number of nitrogens with one attached hydrogen (secondary N) is 2. The van der Waals surface area contributed by atoms with Crippen LogP contribution in [0.25, 0.3) is 0 Å². The predicted octanol–water partition coefficient (Wildman–Crippen LogP) is -0.331. The van der Waals surface area contributed by atoms with Crippen LogP contribution in [0.5, 0.6) is 0 Å². The van der Waals surface area contributed by atoms with Gasteiger partial charge in [-0.25, -0.2) is 9.48 Å². The summed E-state index contributed by atoms with van der Waals surface area (Å²) in [5.41, 5.74) is -0.629. The number of hydrogen-bond acceptors (Lipinski definition) is 5. The first-order valence-corrected chi connectivity index (χ1v) is 6.94. The van der Waals surface area contributed by atoms with E-state index in [1.807, 2.05) is 0 Å². The number of piperidine rings is 1. The molecule has 1 aliphatic rings. The molecule has 1 atom stereocenters. The molecule has 0 saturated carbocycles. The summed E-state index contributed by atoms with van der Waals surface area (Å²) in [6, 6.07) is 0.278. The first kappa shape index (κ1) is 14.8. The predicted molar refractivity (Wildman–Crippen MR) is 78.0 cm³/mol. The third kappa shape index (κ3) is 2.77. The summed E-state index contributed by atoms with van der Waals surface area (Å²) >= 11 is 0. The lowest BCUT2D eigenvalue weighted by Crippen LogP contribution is -2.51. The summed E-state index contributed by atoms with van der Waals surface area (Å²) < 4.78 is 2.23. The number of aryl methyl sites for hydroxylation is 1. The van der Waals surface area contributed by atoms with E-state index in [0.29, 0.717) is 6.54 Å². The third-order valence-electron chi connectivity index (χ3n) is 4.13. The van der Waals surface area contributed by atoms with E-state index in [2.05, 4.69) is 29.6 Å². The van der Waals surface area contributed by atoms with E-state index in [1.165, 1.54) is 25.2 Å². The monoisotopic (exact) mass is 281 g/mol. The zero-order chi connectivity index (χ0) is 14.9. The summed E-state index contributed by atoms with van der Waals surface area (Å²) in [5, 5.41) is 10.5. The number of aromatic nitrogens is 3. The zero-order valence-corrected chi connectivity index (χ0v) is 12.6. The van der Waals surface area contributed by atoms with Gasteiger partial charge in [-0.3, -0.25) is 9.36 Å². The van der Waals surface area contributed by atoms with E-state index in [-0.39, 0.29) is 22.8 Å². The number of nitrogens with zero attached hydrogens (tertiary/aromatic N) is 3. The Hall–Kier alpha value is -1.63. The highest BCUT2D eigenvalue weighted by molar-refractivity contribution is 5.30. The third-order valence-corrected chi connectivity index (χ3v) is 4.13. The molecule has 1 unspecified atom stereocenters. The molecule has 1 aliphatic heterocycles. The minimum absolute atomic E-state index is 0.178. The number of rotatable bonds is 3. The van der Waals surface area contributed by atoms with Crippen molar-refractivity contribution < 1.29 is 0 Å². The van der Waals surface area contributed by atoms with Crippen LogP contribution in [-0.2, 0) is 14.1 Å². The fraction of sp³-hybridized carbons (Fsp3) is 0.769. The van der Waals surface area contributed by atoms with Crippen LogP contribution in [0.3, 0.4) is 0 Å². The maximum absolute atomic E-state index is 12.0. The smallest absolute Gasteiger partial charge is 0.346 e. The largest absolute Gasteiger partial charge is 0.362 e. The van der Waals surface area contributed by atoms with Crippen molar-refractivity contribution in [2.24, 2.45) is 19.5 Å². The number of hydrogen-bond donors (Lipinski definition) is 2. The van der Waals surface area contributed by atoms with Crippen molar-refractivity contribution >= 4 is 5.82 Å². The summed E-state index contributed by atoms with van der Waals surface area (Å²) in [7, 11) is 3.00. The molecule has 112 valence electrons. The lowest BCUT2D eigenvalue weighted by atomic mass is 9.77. The first-order valence-electron chi connectivity index (χ1n) is 6.94. The van der Waals surface area contributed by atoms with Crippen LogP contribution in [0.4, 0.5) is 5.82 Å². The van der Waals surface area contributed by atoms with Crippen molar-refractivity contribution in [3.8, 4) is 0 Å². The molecule has 0 aromatic carbocycles. The lowest BCUT2D eigenvalue weighted by molar-refractivity contribution is 0.188. The van der Waals surface area contributed by atoms with Gasteiger partial charge in [0.2, 0.25) is 5.82 Å². The second-order valence-corrected chi connectivity index (χ2v) is 6.10. The highest BCUT2D eigenvalue weighted by atomic mass is 16.2. The van der Waals surface area contributed by atoms with Gasteiger partial charge >= 0.3 is 5.69 Å². The Morgan fingerprint density at radius 2 is 2.10 bits per heavy atom. The molecule has 0 radical (unpaired) electrons. The fourth-order valence-corrected chi connectivity index (χ4v) is 2.63. The molecule has 1 aromatic rings. The molecule has 0 amide bonds. The maximum Gasteiger partial charge on any atom is 0.346 e. The van der Waals surface area contributed by atoms with Gasteiger partial charge in [0, 0.05) is 26.7 Å². The van der Waals surface area contributed by atoms with E-state index in [9.17, 15) is 9.59 Å². The maximum atomic E-state index is 12.0. The highest BCUT2D eigenvalue weighted by Gasteiger charge is 2.31. The molecule has 1 saturated heterocycles. The molecule has 1 fully saturated rings.